The van der Waals surface area contributed by atoms with Crippen molar-refractivity contribution >= 4 is 9.84 Å². The van der Waals surface area contributed by atoms with E-state index < -0.39 is 9.84 Å². The van der Waals surface area contributed by atoms with Gasteiger partial charge in [-0.1, -0.05) is 42.4 Å². The number of hydrogen-bond donors (Lipinski definition) is 0. The van der Waals surface area contributed by atoms with Crippen LogP contribution in [0.15, 0.2) is 39.9 Å². The molecule has 0 aliphatic rings. The summed E-state index contributed by atoms with van der Waals surface area (Å²) in [4.78, 5) is 0. The van der Waals surface area contributed by atoms with Gasteiger partial charge in [0, 0.05) is 11.1 Å². The van der Waals surface area contributed by atoms with Gasteiger partial charge in [-0.15, -0.1) is 0 Å². The van der Waals surface area contributed by atoms with Crippen LogP contribution in [0.5, 0.6) is 0 Å². The van der Waals surface area contributed by atoms with Crippen molar-refractivity contribution in [3.05, 3.63) is 35.9 Å². The maximum absolute atomic E-state index is 11.7. The molecule has 0 amide bonds. The average Bonchev–Trinajstić information content (AvgIpc) is 2.73. The lowest BCUT2D eigenvalue weighted by Crippen LogP contribution is -2.03. The molecule has 0 aliphatic carbocycles. The second kappa shape index (κ2) is 4.33. The van der Waals surface area contributed by atoms with E-state index in [4.69, 9.17) is 4.52 Å². The predicted octanol–water partition coefficient (Wildman–Crippen LogP) is 2.44. The van der Waals surface area contributed by atoms with Crippen molar-refractivity contribution < 1.29 is 12.9 Å². The number of benzene rings is 1. The van der Waals surface area contributed by atoms with Crippen molar-refractivity contribution in [2.24, 2.45) is 0 Å². The lowest BCUT2D eigenvalue weighted by molar-refractivity contribution is 0.339. The van der Waals surface area contributed by atoms with Gasteiger partial charge in [0.05, 0.1) is 5.75 Å². The highest BCUT2D eigenvalue weighted by molar-refractivity contribution is 7.91. The highest BCUT2D eigenvalue weighted by Crippen LogP contribution is 2.27. The zero-order chi connectivity index (χ0) is 12.5. The first-order valence-corrected chi connectivity index (χ1v) is 6.96. The van der Waals surface area contributed by atoms with Gasteiger partial charge >= 0.3 is 0 Å². The highest BCUT2D eigenvalue weighted by atomic mass is 32.2. The molecule has 0 bridgehead atoms. The van der Waals surface area contributed by atoms with Gasteiger partial charge in [0.1, 0.15) is 5.69 Å². The fourth-order valence-electron chi connectivity index (χ4n) is 1.61. The van der Waals surface area contributed by atoms with Crippen LogP contribution in [0.3, 0.4) is 0 Å². The molecule has 90 valence electrons. The summed E-state index contributed by atoms with van der Waals surface area (Å²) in [6, 6.07) is 9.37. The molecule has 17 heavy (non-hydrogen) atoms. The molecule has 0 aliphatic heterocycles. The van der Waals surface area contributed by atoms with Crippen molar-refractivity contribution in [1.29, 1.82) is 0 Å². The monoisotopic (exact) mass is 251 g/mol. The smallest absolute Gasteiger partial charge is 0.254 e. The molecule has 4 nitrogen and oxygen atoms in total. The van der Waals surface area contributed by atoms with E-state index >= 15 is 0 Å². The van der Waals surface area contributed by atoms with Crippen molar-refractivity contribution in [1.82, 2.24) is 5.16 Å². The van der Waals surface area contributed by atoms with Crippen LogP contribution < -0.4 is 0 Å². The molecule has 0 saturated carbocycles. The Morgan fingerprint density at radius 3 is 2.47 bits per heavy atom. The van der Waals surface area contributed by atoms with Crippen LogP contribution >= 0.6 is 0 Å². The number of hydrogen-bond acceptors (Lipinski definition) is 4. The van der Waals surface area contributed by atoms with E-state index in [2.05, 4.69) is 5.16 Å². The number of rotatable bonds is 3. The molecule has 0 radical (unpaired) electrons. The summed E-state index contributed by atoms with van der Waals surface area (Å²) >= 11 is 0. The summed E-state index contributed by atoms with van der Waals surface area (Å²) < 4.78 is 28.4. The number of sulfone groups is 1. The molecule has 0 atom stereocenters. The Balaban J connectivity index is 2.55. The fourth-order valence-corrected chi connectivity index (χ4v) is 2.58. The zero-order valence-electron chi connectivity index (χ0n) is 9.67. The van der Waals surface area contributed by atoms with Crippen molar-refractivity contribution in [2.45, 2.75) is 18.9 Å². The van der Waals surface area contributed by atoms with E-state index in [1.807, 2.05) is 30.3 Å². The third-order valence-corrected chi connectivity index (χ3v) is 4.30. The van der Waals surface area contributed by atoms with E-state index in [1.165, 1.54) is 0 Å². The molecule has 2 aromatic rings. The Kier molecular flexibility index (Phi) is 3.02. The lowest BCUT2D eigenvalue weighted by atomic mass is 10.1. The fraction of sp³-hybridized carbons (Fsp3) is 0.250. The molecule has 0 spiro atoms. The van der Waals surface area contributed by atoms with Gasteiger partial charge < -0.3 is 4.52 Å². The van der Waals surface area contributed by atoms with Crippen LogP contribution in [-0.2, 0) is 9.84 Å². The maximum Gasteiger partial charge on any atom is 0.254 e. The van der Waals surface area contributed by atoms with Crippen LogP contribution in [0.25, 0.3) is 11.3 Å². The molecule has 0 unspecified atom stereocenters. The molecule has 0 N–H and O–H groups in total. The van der Waals surface area contributed by atoms with Crippen molar-refractivity contribution in [3.8, 4) is 11.3 Å². The topological polar surface area (TPSA) is 60.2 Å². The van der Waals surface area contributed by atoms with Crippen LogP contribution in [0.4, 0.5) is 0 Å². The van der Waals surface area contributed by atoms with Gasteiger partial charge in [-0.25, -0.2) is 8.42 Å². The first-order valence-electron chi connectivity index (χ1n) is 5.30. The predicted molar refractivity (Wildman–Crippen MR) is 64.4 cm³/mol. The van der Waals surface area contributed by atoms with Gasteiger partial charge in [-0.3, -0.25) is 0 Å². The third-order valence-electron chi connectivity index (χ3n) is 2.59. The minimum Gasteiger partial charge on any atom is -0.344 e. The normalized spacial score (nSPS) is 11.6. The Hall–Kier alpha value is -1.62. The quantitative estimate of drug-likeness (QED) is 0.840. The number of nitrogens with zero attached hydrogens (tertiary/aromatic N) is 1. The zero-order valence-corrected chi connectivity index (χ0v) is 10.5. The van der Waals surface area contributed by atoms with E-state index in [9.17, 15) is 8.42 Å². The van der Waals surface area contributed by atoms with Crippen molar-refractivity contribution in [2.75, 3.05) is 5.75 Å². The summed E-state index contributed by atoms with van der Waals surface area (Å²) in [6.07, 6.45) is 0. The van der Waals surface area contributed by atoms with Gasteiger partial charge in [-0.2, -0.15) is 0 Å². The van der Waals surface area contributed by atoms with Gasteiger partial charge in [0.25, 0.3) is 5.09 Å². The molecule has 2 rings (SSSR count). The third kappa shape index (κ3) is 2.10. The van der Waals surface area contributed by atoms with E-state index in [0.29, 0.717) is 11.3 Å². The Morgan fingerprint density at radius 1 is 1.24 bits per heavy atom. The van der Waals surface area contributed by atoms with E-state index in [1.54, 1.807) is 13.8 Å². The number of aromatic nitrogens is 1. The van der Waals surface area contributed by atoms with Gasteiger partial charge in [0.2, 0.25) is 9.84 Å². The second-order valence-corrected chi connectivity index (χ2v) is 5.89. The largest absolute Gasteiger partial charge is 0.344 e. The molecular weight excluding hydrogens is 238 g/mol. The summed E-state index contributed by atoms with van der Waals surface area (Å²) in [5.74, 6) is 0.0112. The minimum atomic E-state index is -3.35. The summed E-state index contributed by atoms with van der Waals surface area (Å²) in [5.41, 5.74) is 2.00. The van der Waals surface area contributed by atoms with E-state index in [0.717, 1.165) is 5.56 Å². The summed E-state index contributed by atoms with van der Waals surface area (Å²) in [7, 11) is -3.35. The molecule has 0 saturated heterocycles. The first-order chi connectivity index (χ1) is 8.06. The Morgan fingerprint density at radius 2 is 1.88 bits per heavy atom. The second-order valence-electron chi connectivity index (χ2n) is 3.71. The summed E-state index contributed by atoms with van der Waals surface area (Å²) in [5, 5.41) is 3.82. The van der Waals surface area contributed by atoms with Gasteiger partial charge in [-0.05, 0) is 6.92 Å². The van der Waals surface area contributed by atoms with Crippen LogP contribution in [0.1, 0.15) is 12.5 Å². The highest BCUT2D eigenvalue weighted by Gasteiger charge is 2.23. The molecule has 5 heteroatoms. The molecular formula is C12H13NO3S. The Bertz CT molecular complexity index is 614. The standard InChI is InChI=1S/C12H13NO3S/c1-3-17(14,15)12-9(2)11(13-16-12)10-7-5-4-6-8-10/h4-8H,3H2,1-2H3. The minimum absolute atomic E-state index is 0.0112. The van der Waals surface area contributed by atoms with E-state index in [-0.39, 0.29) is 10.8 Å². The SMILES string of the molecule is CCS(=O)(=O)c1onc(-c2ccccc2)c1C. The van der Waals surface area contributed by atoms with Crippen LogP contribution in [0.2, 0.25) is 0 Å². The van der Waals surface area contributed by atoms with Crippen molar-refractivity contribution in [3.63, 3.8) is 0 Å². The summed E-state index contributed by atoms with van der Waals surface area (Å²) in [6.45, 7) is 3.29. The molecule has 0 fully saturated rings. The molecule has 1 aromatic carbocycles. The first kappa shape index (κ1) is 11.9. The molecule has 1 heterocycles. The van der Waals surface area contributed by atoms with Gasteiger partial charge in [0.15, 0.2) is 0 Å². The Labute approximate surface area is 100 Å². The lowest BCUT2D eigenvalue weighted by Gasteiger charge is -1.98. The average molecular weight is 251 g/mol. The van der Waals surface area contributed by atoms with Crippen LogP contribution in [-0.4, -0.2) is 19.3 Å². The maximum atomic E-state index is 11.7. The van der Waals surface area contributed by atoms with Crippen LogP contribution in [0, 0.1) is 6.92 Å². The molecule has 1 aromatic heterocycles.